The fourth-order valence-electron chi connectivity index (χ4n) is 5.56. The van der Waals surface area contributed by atoms with Crippen LogP contribution in [0.15, 0.2) is 0 Å². The van der Waals surface area contributed by atoms with Crippen molar-refractivity contribution in [3.63, 3.8) is 0 Å². The Morgan fingerprint density at radius 1 is 0.692 bits per heavy atom. The Morgan fingerprint density at radius 3 is 1.42 bits per heavy atom. The SMILES string of the molecule is Cl[Si](Cl)(Cl)CCCOC12CC3CC(C1)CC(OCCC[Si](Cl)(Cl)Cl)(C3)C2. The first-order valence-corrected chi connectivity index (χ1v) is 19.9. The minimum absolute atomic E-state index is 0.0385. The topological polar surface area (TPSA) is 18.5 Å². The molecule has 0 aromatic carbocycles. The van der Waals surface area contributed by atoms with Crippen LogP contribution in [0.25, 0.3) is 0 Å². The summed E-state index contributed by atoms with van der Waals surface area (Å²) in [6.45, 7) is 1.35. The molecule has 4 rings (SSSR count). The van der Waals surface area contributed by atoms with Gasteiger partial charge < -0.3 is 9.47 Å². The van der Waals surface area contributed by atoms with Crippen molar-refractivity contribution in [2.75, 3.05) is 13.2 Å². The van der Waals surface area contributed by atoms with Gasteiger partial charge in [-0.3, -0.25) is 0 Å². The van der Waals surface area contributed by atoms with Gasteiger partial charge in [0, 0.05) is 19.6 Å². The van der Waals surface area contributed by atoms with E-state index >= 15 is 0 Å². The Hall–Kier alpha value is 2.09. The Morgan fingerprint density at radius 2 is 1.08 bits per heavy atom. The van der Waals surface area contributed by atoms with Gasteiger partial charge in [-0.2, -0.15) is 0 Å². The highest BCUT2D eigenvalue weighted by molar-refractivity contribution is 7.65. The van der Waals surface area contributed by atoms with Crippen molar-refractivity contribution in [1.29, 1.82) is 0 Å². The van der Waals surface area contributed by atoms with E-state index in [1.807, 2.05) is 0 Å². The second-order valence-electron chi connectivity index (χ2n) is 8.46. The average Bonchev–Trinajstić information content (AvgIpc) is 2.45. The van der Waals surface area contributed by atoms with E-state index in [0.717, 1.165) is 44.9 Å². The van der Waals surface area contributed by atoms with Gasteiger partial charge in [0.25, 0.3) is 0 Å². The van der Waals surface area contributed by atoms with E-state index in [0.29, 0.717) is 37.1 Å². The number of hydrogen-bond donors (Lipinski definition) is 0. The number of ether oxygens (including phenoxy) is 2. The van der Waals surface area contributed by atoms with Crippen LogP contribution in [0.5, 0.6) is 0 Å². The van der Waals surface area contributed by atoms with Crippen LogP contribution in [0.4, 0.5) is 0 Å². The summed E-state index contributed by atoms with van der Waals surface area (Å²) >= 11 is 35.9. The zero-order valence-electron chi connectivity index (χ0n) is 14.7. The van der Waals surface area contributed by atoms with E-state index in [4.69, 9.17) is 75.9 Å². The highest BCUT2D eigenvalue weighted by atomic mass is 35.8. The van der Waals surface area contributed by atoms with Crippen LogP contribution >= 0.6 is 66.5 Å². The lowest BCUT2D eigenvalue weighted by molar-refractivity contribution is -0.236. The molecule has 0 saturated heterocycles. The Bertz CT molecular complexity index is 442. The maximum Gasteiger partial charge on any atom is 0.341 e. The summed E-state index contributed by atoms with van der Waals surface area (Å²) in [5, 5.41) is 0. The molecule has 4 fully saturated rings. The van der Waals surface area contributed by atoms with Gasteiger partial charge in [0.2, 0.25) is 0 Å². The van der Waals surface area contributed by atoms with Gasteiger partial charge in [0.1, 0.15) is 0 Å². The van der Waals surface area contributed by atoms with Crippen LogP contribution in [0.1, 0.15) is 51.4 Å². The summed E-state index contributed by atoms with van der Waals surface area (Å²) in [6, 6.07) is -3.79. The summed E-state index contributed by atoms with van der Waals surface area (Å²) in [7, 11) is 0. The molecule has 0 aromatic rings. The molecule has 0 radical (unpaired) electrons. The first-order valence-electron chi connectivity index (χ1n) is 9.40. The van der Waals surface area contributed by atoms with E-state index in [2.05, 4.69) is 0 Å². The van der Waals surface area contributed by atoms with Gasteiger partial charge in [-0.1, -0.05) is 0 Å². The predicted octanol–water partition coefficient (Wildman–Crippen LogP) is 7.20. The van der Waals surface area contributed by atoms with Gasteiger partial charge >= 0.3 is 12.0 Å². The van der Waals surface area contributed by atoms with Gasteiger partial charge in [-0.15, -0.1) is 66.5 Å². The summed E-state index contributed by atoms with van der Waals surface area (Å²) in [6.07, 6.45) is 8.56. The van der Waals surface area contributed by atoms with Gasteiger partial charge in [-0.25, -0.2) is 0 Å². The summed E-state index contributed by atoms with van der Waals surface area (Å²) < 4.78 is 12.9. The average molecular weight is 519 g/mol. The summed E-state index contributed by atoms with van der Waals surface area (Å²) in [5.41, 5.74) is -0.0770. The predicted molar refractivity (Wildman–Crippen MR) is 118 cm³/mol. The van der Waals surface area contributed by atoms with E-state index in [9.17, 15) is 0 Å². The Labute approximate surface area is 186 Å². The lowest BCUT2D eigenvalue weighted by Crippen LogP contribution is -2.61. The molecule has 2 nitrogen and oxygen atoms in total. The third kappa shape index (κ3) is 6.55. The quantitative estimate of drug-likeness (QED) is 0.173. The highest BCUT2D eigenvalue weighted by Crippen LogP contribution is 2.60. The Kier molecular flexibility index (Phi) is 7.60. The van der Waals surface area contributed by atoms with Crippen LogP contribution in [0, 0.1) is 11.8 Å². The molecule has 4 aliphatic rings. The van der Waals surface area contributed by atoms with Crippen LogP contribution in [0.2, 0.25) is 12.1 Å². The number of rotatable bonds is 10. The largest absolute Gasteiger partial charge is 0.375 e. The van der Waals surface area contributed by atoms with Crippen LogP contribution < -0.4 is 0 Å². The fourth-order valence-corrected chi connectivity index (χ4v) is 9.05. The van der Waals surface area contributed by atoms with Gasteiger partial charge in [0.15, 0.2) is 0 Å². The normalized spacial score (nSPS) is 36.7. The molecule has 26 heavy (non-hydrogen) atoms. The molecule has 0 spiro atoms. The third-order valence-electron chi connectivity index (χ3n) is 5.98. The van der Waals surface area contributed by atoms with Crippen molar-refractivity contribution in [2.45, 2.75) is 74.7 Å². The molecule has 4 saturated carbocycles. The molecule has 4 bridgehead atoms. The molecule has 0 N–H and O–H groups in total. The molecule has 0 unspecified atom stereocenters. The molecular weight excluding hydrogens is 493 g/mol. The van der Waals surface area contributed by atoms with Crippen molar-refractivity contribution >= 4 is 78.5 Å². The van der Waals surface area contributed by atoms with E-state index in [1.165, 1.54) is 6.42 Å². The number of halogens is 6. The van der Waals surface area contributed by atoms with E-state index in [1.54, 1.807) is 0 Å². The second kappa shape index (κ2) is 8.68. The monoisotopic (exact) mass is 516 g/mol. The van der Waals surface area contributed by atoms with Crippen molar-refractivity contribution in [3.05, 3.63) is 0 Å². The van der Waals surface area contributed by atoms with Crippen molar-refractivity contribution in [3.8, 4) is 0 Å². The van der Waals surface area contributed by atoms with Crippen LogP contribution in [-0.4, -0.2) is 36.4 Å². The van der Waals surface area contributed by atoms with Crippen LogP contribution in [-0.2, 0) is 9.47 Å². The molecule has 4 aliphatic carbocycles. The molecule has 152 valence electrons. The van der Waals surface area contributed by atoms with Crippen molar-refractivity contribution in [1.82, 2.24) is 0 Å². The minimum Gasteiger partial charge on any atom is -0.375 e. The smallest absolute Gasteiger partial charge is 0.341 e. The fraction of sp³-hybridized carbons (Fsp3) is 1.00. The first-order chi connectivity index (χ1) is 12.0. The lowest BCUT2D eigenvalue weighted by atomic mass is 9.52. The molecule has 0 amide bonds. The molecular formula is C16H26Cl6O2Si2. The molecule has 10 heteroatoms. The lowest BCUT2D eigenvalue weighted by Gasteiger charge is -2.61. The molecule has 0 heterocycles. The van der Waals surface area contributed by atoms with Crippen LogP contribution in [0.3, 0.4) is 0 Å². The van der Waals surface area contributed by atoms with E-state index < -0.39 is 12.0 Å². The maximum atomic E-state index is 6.43. The maximum absolute atomic E-state index is 6.43. The zero-order chi connectivity index (χ0) is 19.1. The van der Waals surface area contributed by atoms with Gasteiger partial charge in [0.05, 0.1) is 11.2 Å². The second-order valence-corrected chi connectivity index (χ2v) is 27.0. The molecule has 0 atom stereocenters. The van der Waals surface area contributed by atoms with Gasteiger partial charge in [-0.05, 0) is 68.9 Å². The third-order valence-corrected chi connectivity index (χ3v) is 11.2. The molecule has 0 aliphatic heterocycles. The summed E-state index contributed by atoms with van der Waals surface area (Å²) in [5.74, 6) is 1.42. The summed E-state index contributed by atoms with van der Waals surface area (Å²) in [4.78, 5) is 0. The van der Waals surface area contributed by atoms with Crippen molar-refractivity contribution < 1.29 is 9.47 Å². The zero-order valence-corrected chi connectivity index (χ0v) is 21.3. The minimum atomic E-state index is -2.55. The Balaban J connectivity index is 1.53. The van der Waals surface area contributed by atoms with Crippen molar-refractivity contribution in [2.24, 2.45) is 11.8 Å². The molecule has 0 aromatic heterocycles. The van der Waals surface area contributed by atoms with E-state index in [-0.39, 0.29) is 11.2 Å². The standard InChI is InChI=1S/C16H26Cl6O2Si2/c17-25(18,19)5-1-3-23-15-8-13-7-14(9-15)11-16(10-13,12-15)24-4-2-6-26(20,21)22/h13-14H,1-12H2. The first kappa shape index (κ1) is 22.8. The number of hydrogen-bond acceptors (Lipinski definition) is 2. The highest BCUT2D eigenvalue weighted by Gasteiger charge is 2.59.